The van der Waals surface area contributed by atoms with Crippen LogP contribution in [-0.4, -0.2) is 10.2 Å². The van der Waals surface area contributed by atoms with E-state index in [-0.39, 0.29) is 10.8 Å². The van der Waals surface area contributed by atoms with E-state index in [1.165, 1.54) is 36.8 Å². The van der Waals surface area contributed by atoms with Gasteiger partial charge in [0.05, 0.1) is 0 Å². The lowest BCUT2D eigenvalue weighted by atomic mass is 9.80. The second-order valence-electron chi connectivity index (χ2n) is 11.8. The van der Waals surface area contributed by atoms with Gasteiger partial charge < -0.3 is 10.2 Å². The van der Waals surface area contributed by atoms with E-state index in [4.69, 9.17) is 0 Å². The lowest BCUT2D eigenvalue weighted by molar-refractivity contribution is 0.434. The number of aryl methyl sites for hydroxylation is 2. The van der Waals surface area contributed by atoms with Gasteiger partial charge in [0, 0.05) is 17.5 Å². The summed E-state index contributed by atoms with van der Waals surface area (Å²) in [6, 6.07) is 8.64. The lowest BCUT2D eigenvalue weighted by Gasteiger charge is -2.26. The van der Waals surface area contributed by atoms with Gasteiger partial charge in [-0.25, -0.2) is 0 Å². The number of hydrogen-bond donors (Lipinski definition) is 2. The molecule has 0 spiro atoms. The molecule has 0 saturated heterocycles. The van der Waals surface area contributed by atoms with Crippen molar-refractivity contribution in [1.29, 1.82) is 0 Å². The Balaban J connectivity index is 2.64. The SMILES string of the molecule is CCCCCc1ccc(C(C)(C)C)c(O)c1Cc1c(CCCCC)ccc(C(C)(C)C)c1O. The minimum atomic E-state index is -0.139. The van der Waals surface area contributed by atoms with Crippen LogP contribution in [0.25, 0.3) is 0 Å². The number of phenolic OH excluding ortho intramolecular Hbond substituents is 2. The zero-order valence-electron chi connectivity index (χ0n) is 22.6. The molecule has 0 atom stereocenters. The van der Waals surface area contributed by atoms with Gasteiger partial charge in [-0.2, -0.15) is 0 Å². The highest BCUT2D eigenvalue weighted by atomic mass is 16.3. The average Bonchev–Trinajstić information content (AvgIpc) is 2.70. The molecule has 0 unspecified atom stereocenters. The molecule has 0 radical (unpaired) electrons. The maximum absolute atomic E-state index is 11.5. The number of aromatic hydroxyl groups is 2. The van der Waals surface area contributed by atoms with Crippen molar-refractivity contribution in [3.8, 4) is 11.5 Å². The van der Waals surface area contributed by atoms with Gasteiger partial charge in [-0.05, 0) is 58.8 Å². The quantitative estimate of drug-likeness (QED) is 0.354. The highest BCUT2D eigenvalue weighted by molar-refractivity contribution is 5.55. The van der Waals surface area contributed by atoms with Crippen molar-refractivity contribution in [3.05, 3.63) is 57.6 Å². The molecule has 0 aliphatic carbocycles. The summed E-state index contributed by atoms with van der Waals surface area (Å²) in [5.41, 5.74) is 6.11. The Morgan fingerprint density at radius 3 is 1.24 bits per heavy atom. The summed E-state index contributed by atoms with van der Waals surface area (Å²) in [7, 11) is 0. The summed E-state index contributed by atoms with van der Waals surface area (Å²) in [5, 5.41) is 22.9. The molecule has 2 rings (SSSR count). The standard InChI is InChI=1S/C31H48O2/c1-9-11-13-15-22-17-19-26(30(3,4)5)28(32)24(22)21-25-23(16-14-12-10-2)18-20-27(29(25)33)31(6,7)8/h17-20,32-33H,9-16,21H2,1-8H3. The van der Waals surface area contributed by atoms with E-state index in [0.717, 1.165) is 47.9 Å². The van der Waals surface area contributed by atoms with Crippen molar-refractivity contribution in [2.24, 2.45) is 0 Å². The third-order valence-corrected chi connectivity index (χ3v) is 6.83. The van der Waals surface area contributed by atoms with Crippen LogP contribution in [0.4, 0.5) is 0 Å². The van der Waals surface area contributed by atoms with Crippen molar-refractivity contribution in [3.63, 3.8) is 0 Å². The third kappa shape index (κ3) is 7.01. The number of hydrogen-bond acceptors (Lipinski definition) is 2. The van der Waals surface area contributed by atoms with E-state index in [0.29, 0.717) is 17.9 Å². The molecule has 2 N–H and O–H groups in total. The largest absolute Gasteiger partial charge is 0.507 e. The van der Waals surface area contributed by atoms with E-state index in [1.54, 1.807) is 0 Å². The molecule has 0 bridgehead atoms. The predicted octanol–water partition coefficient (Wildman–Crippen LogP) is 8.75. The topological polar surface area (TPSA) is 40.5 Å². The second kappa shape index (κ2) is 11.4. The average molecular weight is 453 g/mol. The first-order valence-corrected chi connectivity index (χ1v) is 13.1. The van der Waals surface area contributed by atoms with Gasteiger partial charge in [-0.1, -0.05) is 105 Å². The highest BCUT2D eigenvalue weighted by Crippen LogP contribution is 2.41. The van der Waals surface area contributed by atoms with Crippen LogP contribution in [0.1, 0.15) is 127 Å². The zero-order valence-corrected chi connectivity index (χ0v) is 22.6. The molecule has 33 heavy (non-hydrogen) atoms. The van der Waals surface area contributed by atoms with Gasteiger partial charge in [0.25, 0.3) is 0 Å². The fraction of sp³-hybridized carbons (Fsp3) is 0.613. The maximum Gasteiger partial charge on any atom is 0.123 e. The summed E-state index contributed by atoms with van der Waals surface area (Å²) >= 11 is 0. The molecule has 0 heterocycles. The van der Waals surface area contributed by atoms with Gasteiger partial charge in [0.15, 0.2) is 0 Å². The molecule has 2 aromatic rings. The number of rotatable bonds is 10. The first-order chi connectivity index (χ1) is 15.4. The van der Waals surface area contributed by atoms with Crippen molar-refractivity contribution < 1.29 is 10.2 Å². The van der Waals surface area contributed by atoms with E-state index < -0.39 is 0 Å². The molecular weight excluding hydrogens is 404 g/mol. The monoisotopic (exact) mass is 452 g/mol. The molecule has 0 aromatic heterocycles. The predicted molar refractivity (Wildman–Crippen MR) is 143 cm³/mol. The number of unbranched alkanes of at least 4 members (excludes halogenated alkanes) is 4. The van der Waals surface area contributed by atoms with Crippen LogP contribution in [0.3, 0.4) is 0 Å². The molecule has 0 fully saturated rings. The van der Waals surface area contributed by atoms with Crippen LogP contribution >= 0.6 is 0 Å². The van der Waals surface area contributed by atoms with Crippen LogP contribution < -0.4 is 0 Å². The number of phenols is 2. The third-order valence-electron chi connectivity index (χ3n) is 6.83. The van der Waals surface area contributed by atoms with E-state index in [2.05, 4.69) is 79.7 Å². The summed E-state index contributed by atoms with van der Waals surface area (Å²) in [5.74, 6) is 0.827. The van der Waals surface area contributed by atoms with Crippen LogP contribution in [0, 0.1) is 0 Å². The van der Waals surface area contributed by atoms with Crippen LogP contribution in [0.2, 0.25) is 0 Å². The molecule has 2 aromatic carbocycles. The van der Waals surface area contributed by atoms with Gasteiger partial charge in [0.2, 0.25) is 0 Å². The molecule has 0 saturated carbocycles. The Kier molecular flexibility index (Phi) is 9.47. The molecular formula is C31H48O2. The molecule has 0 amide bonds. The fourth-order valence-electron chi connectivity index (χ4n) is 4.74. The fourth-order valence-corrected chi connectivity index (χ4v) is 4.74. The first-order valence-electron chi connectivity index (χ1n) is 13.1. The Morgan fingerprint density at radius 1 is 0.576 bits per heavy atom. The van der Waals surface area contributed by atoms with E-state index in [9.17, 15) is 10.2 Å². The van der Waals surface area contributed by atoms with E-state index >= 15 is 0 Å². The molecule has 184 valence electrons. The van der Waals surface area contributed by atoms with Crippen LogP contribution in [0.15, 0.2) is 24.3 Å². The maximum atomic E-state index is 11.5. The normalized spacial score (nSPS) is 12.4. The van der Waals surface area contributed by atoms with Gasteiger partial charge in [-0.15, -0.1) is 0 Å². The lowest BCUT2D eigenvalue weighted by Crippen LogP contribution is -2.15. The summed E-state index contributed by atoms with van der Waals surface area (Å²) in [6.45, 7) is 17.3. The van der Waals surface area contributed by atoms with E-state index in [1.807, 2.05) is 0 Å². The van der Waals surface area contributed by atoms with Gasteiger partial charge in [-0.3, -0.25) is 0 Å². The van der Waals surface area contributed by atoms with Crippen molar-refractivity contribution in [2.45, 2.75) is 124 Å². The highest BCUT2D eigenvalue weighted by Gasteiger charge is 2.26. The molecule has 2 nitrogen and oxygen atoms in total. The van der Waals surface area contributed by atoms with Crippen molar-refractivity contribution >= 4 is 0 Å². The minimum Gasteiger partial charge on any atom is -0.507 e. The zero-order chi connectivity index (χ0) is 24.8. The minimum absolute atomic E-state index is 0.139. The summed E-state index contributed by atoms with van der Waals surface area (Å²) in [4.78, 5) is 0. The van der Waals surface area contributed by atoms with Crippen molar-refractivity contribution in [2.75, 3.05) is 0 Å². The molecule has 0 aliphatic heterocycles. The molecule has 0 aliphatic rings. The van der Waals surface area contributed by atoms with Crippen LogP contribution in [0.5, 0.6) is 11.5 Å². The van der Waals surface area contributed by atoms with Crippen molar-refractivity contribution in [1.82, 2.24) is 0 Å². The van der Waals surface area contributed by atoms with Gasteiger partial charge in [0.1, 0.15) is 11.5 Å². The summed E-state index contributed by atoms with van der Waals surface area (Å²) in [6.07, 6.45) is 9.48. The number of benzene rings is 2. The van der Waals surface area contributed by atoms with Crippen LogP contribution in [-0.2, 0) is 30.1 Å². The first kappa shape index (κ1) is 27.3. The van der Waals surface area contributed by atoms with Gasteiger partial charge >= 0.3 is 0 Å². The molecule has 2 heteroatoms. The Bertz CT molecular complexity index is 834. The second-order valence-corrected chi connectivity index (χ2v) is 11.8. The Morgan fingerprint density at radius 2 is 0.939 bits per heavy atom. The summed E-state index contributed by atoms with van der Waals surface area (Å²) < 4.78 is 0. The Hall–Kier alpha value is -1.96. The smallest absolute Gasteiger partial charge is 0.123 e. The Labute approximate surface area is 203 Å².